The number of nitrogens with one attached hydrogen (secondary N) is 1. The Kier molecular flexibility index (Phi) is 3.80. The fourth-order valence-electron chi connectivity index (χ4n) is 1.40. The van der Waals surface area contributed by atoms with Crippen molar-refractivity contribution < 1.29 is 0 Å². The summed E-state index contributed by atoms with van der Waals surface area (Å²) in [5, 5.41) is 7.46. The predicted octanol–water partition coefficient (Wildman–Crippen LogP) is 2.27. The molecule has 0 amide bonds. The Morgan fingerprint density at radius 2 is 2.38 bits per heavy atom. The number of rotatable bonds is 5. The second-order valence-corrected chi connectivity index (χ2v) is 3.68. The summed E-state index contributed by atoms with van der Waals surface area (Å²) < 4.78 is 1.81. The molecule has 0 aliphatic heterocycles. The number of aromatic nitrogens is 2. The van der Waals surface area contributed by atoms with Crippen LogP contribution in [0.25, 0.3) is 0 Å². The molecule has 1 N–H and O–H groups in total. The van der Waals surface area contributed by atoms with Crippen LogP contribution < -0.4 is 5.32 Å². The first-order valence-electron chi connectivity index (χ1n) is 4.95. The van der Waals surface area contributed by atoms with Gasteiger partial charge in [0.15, 0.2) is 0 Å². The molecule has 1 heterocycles. The van der Waals surface area contributed by atoms with Crippen LogP contribution in [-0.4, -0.2) is 16.3 Å². The zero-order chi connectivity index (χ0) is 9.68. The van der Waals surface area contributed by atoms with Gasteiger partial charge in [0.05, 0.1) is 11.9 Å². The maximum absolute atomic E-state index is 4.09. The largest absolute Gasteiger partial charge is 0.382 e. The van der Waals surface area contributed by atoms with Crippen molar-refractivity contribution in [3.05, 3.63) is 12.4 Å². The molecule has 0 saturated carbocycles. The Labute approximate surface area is 80.1 Å². The highest BCUT2D eigenvalue weighted by Crippen LogP contribution is 2.08. The maximum Gasteiger partial charge on any atom is 0.0726 e. The Balaban J connectivity index is 2.26. The van der Waals surface area contributed by atoms with Gasteiger partial charge < -0.3 is 5.32 Å². The first kappa shape index (κ1) is 10.1. The molecule has 1 aromatic heterocycles. The third-order valence-corrected chi connectivity index (χ3v) is 2.14. The standard InChI is InChI=1S/C10H19N3/c1-4-5-9(2)6-11-10-7-12-13(3)8-10/h7-9,11H,4-6H2,1-3H3. The molecule has 1 aromatic rings. The SMILES string of the molecule is CCCC(C)CNc1cnn(C)c1. The van der Waals surface area contributed by atoms with Gasteiger partial charge in [-0.25, -0.2) is 0 Å². The van der Waals surface area contributed by atoms with Crippen LogP contribution in [0, 0.1) is 5.92 Å². The highest BCUT2D eigenvalue weighted by molar-refractivity contribution is 5.37. The third-order valence-electron chi connectivity index (χ3n) is 2.14. The van der Waals surface area contributed by atoms with Crippen molar-refractivity contribution in [2.24, 2.45) is 13.0 Å². The normalized spacial score (nSPS) is 12.8. The molecule has 74 valence electrons. The van der Waals surface area contributed by atoms with Gasteiger partial charge in [0.25, 0.3) is 0 Å². The Hall–Kier alpha value is -0.990. The second kappa shape index (κ2) is 4.90. The van der Waals surface area contributed by atoms with Crippen molar-refractivity contribution in [2.75, 3.05) is 11.9 Å². The molecule has 0 aliphatic carbocycles. The maximum atomic E-state index is 4.09. The minimum absolute atomic E-state index is 0.741. The first-order chi connectivity index (χ1) is 6.22. The van der Waals surface area contributed by atoms with Crippen LogP contribution in [0.2, 0.25) is 0 Å². The van der Waals surface area contributed by atoms with E-state index in [1.807, 2.05) is 24.1 Å². The molecule has 3 nitrogen and oxygen atoms in total. The molecule has 1 unspecified atom stereocenters. The van der Waals surface area contributed by atoms with Crippen LogP contribution >= 0.6 is 0 Å². The zero-order valence-corrected chi connectivity index (χ0v) is 8.75. The average Bonchev–Trinajstić information content (AvgIpc) is 2.49. The van der Waals surface area contributed by atoms with E-state index in [-0.39, 0.29) is 0 Å². The van der Waals surface area contributed by atoms with Gasteiger partial charge in [0.1, 0.15) is 0 Å². The second-order valence-electron chi connectivity index (χ2n) is 3.68. The van der Waals surface area contributed by atoms with Gasteiger partial charge in [-0.05, 0) is 12.3 Å². The van der Waals surface area contributed by atoms with Gasteiger partial charge in [-0.15, -0.1) is 0 Å². The molecule has 0 spiro atoms. The van der Waals surface area contributed by atoms with Crippen LogP contribution in [0.3, 0.4) is 0 Å². The predicted molar refractivity (Wildman–Crippen MR) is 55.8 cm³/mol. The summed E-state index contributed by atoms with van der Waals surface area (Å²) in [5.41, 5.74) is 1.12. The molecule has 0 aromatic carbocycles. The molecule has 13 heavy (non-hydrogen) atoms. The van der Waals surface area contributed by atoms with Crippen molar-refractivity contribution in [1.82, 2.24) is 9.78 Å². The molecule has 1 atom stereocenters. The van der Waals surface area contributed by atoms with Crippen LogP contribution in [0.15, 0.2) is 12.4 Å². The molecule has 0 radical (unpaired) electrons. The molecule has 0 saturated heterocycles. The lowest BCUT2D eigenvalue weighted by molar-refractivity contribution is 0.551. The van der Waals surface area contributed by atoms with Gasteiger partial charge in [0, 0.05) is 19.8 Å². The first-order valence-corrected chi connectivity index (χ1v) is 4.95. The summed E-state index contributed by atoms with van der Waals surface area (Å²) >= 11 is 0. The van der Waals surface area contributed by atoms with Gasteiger partial charge in [-0.1, -0.05) is 20.3 Å². The van der Waals surface area contributed by atoms with E-state index in [1.165, 1.54) is 12.8 Å². The number of hydrogen-bond donors (Lipinski definition) is 1. The van der Waals surface area contributed by atoms with Gasteiger partial charge >= 0.3 is 0 Å². The van der Waals surface area contributed by atoms with Crippen LogP contribution in [0.4, 0.5) is 5.69 Å². The molecule has 3 heteroatoms. The van der Waals surface area contributed by atoms with E-state index in [2.05, 4.69) is 24.3 Å². The summed E-state index contributed by atoms with van der Waals surface area (Å²) in [6.07, 6.45) is 6.40. The minimum Gasteiger partial charge on any atom is -0.382 e. The summed E-state index contributed by atoms with van der Waals surface area (Å²) in [6.45, 7) is 5.53. The summed E-state index contributed by atoms with van der Waals surface area (Å²) in [4.78, 5) is 0. The Morgan fingerprint density at radius 1 is 1.62 bits per heavy atom. The van der Waals surface area contributed by atoms with E-state index in [0.29, 0.717) is 0 Å². The van der Waals surface area contributed by atoms with Crippen molar-refractivity contribution >= 4 is 5.69 Å². The van der Waals surface area contributed by atoms with Gasteiger partial charge in [0.2, 0.25) is 0 Å². The summed E-state index contributed by atoms with van der Waals surface area (Å²) in [6, 6.07) is 0. The number of nitrogens with zero attached hydrogens (tertiary/aromatic N) is 2. The molecule has 1 rings (SSSR count). The molecule has 0 aliphatic rings. The zero-order valence-electron chi connectivity index (χ0n) is 8.75. The average molecular weight is 181 g/mol. The lowest BCUT2D eigenvalue weighted by Gasteiger charge is -2.10. The summed E-state index contributed by atoms with van der Waals surface area (Å²) in [5.74, 6) is 0.741. The van der Waals surface area contributed by atoms with E-state index in [0.717, 1.165) is 18.2 Å². The number of hydrogen-bond acceptors (Lipinski definition) is 2. The number of aryl methyl sites for hydroxylation is 1. The van der Waals surface area contributed by atoms with E-state index in [9.17, 15) is 0 Å². The van der Waals surface area contributed by atoms with Crippen LogP contribution in [0.5, 0.6) is 0 Å². The van der Waals surface area contributed by atoms with Gasteiger partial charge in [-0.2, -0.15) is 5.10 Å². The highest BCUT2D eigenvalue weighted by atomic mass is 15.3. The van der Waals surface area contributed by atoms with Crippen LogP contribution in [-0.2, 0) is 7.05 Å². The topological polar surface area (TPSA) is 29.9 Å². The highest BCUT2D eigenvalue weighted by Gasteiger charge is 2.00. The lowest BCUT2D eigenvalue weighted by atomic mass is 10.1. The lowest BCUT2D eigenvalue weighted by Crippen LogP contribution is -2.10. The van der Waals surface area contributed by atoms with Crippen LogP contribution in [0.1, 0.15) is 26.7 Å². The van der Waals surface area contributed by atoms with E-state index < -0.39 is 0 Å². The Morgan fingerprint density at radius 3 is 2.92 bits per heavy atom. The molecular formula is C10H19N3. The quantitative estimate of drug-likeness (QED) is 0.755. The minimum atomic E-state index is 0.741. The smallest absolute Gasteiger partial charge is 0.0726 e. The summed E-state index contributed by atoms with van der Waals surface area (Å²) in [7, 11) is 1.93. The van der Waals surface area contributed by atoms with Crippen molar-refractivity contribution in [3.63, 3.8) is 0 Å². The molecule has 0 bridgehead atoms. The fraction of sp³-hybridized carbons (Fsp3) is 0.700. The van der Waals surface area contributed by atoms with E-state index in [4.69, 9.17) is 0 Å². The Bertz CT molecular complexity index is 242. The van der Waals surface area contributed by atoms with E-state index >= 15 is 0 Å². The molecule has 0 fully saturated rings. The van der Waals surface area contributed by atoms with Crippen molar-refractivity contribution in [1.29, 1.82) is 0 Å². The van der Waals surface area contributed by atoms with Gasteiger partial charge in [-0.3, -0.25) is 4.68 Å². The van der Waals surface area contributed by atoms with Crippen molar-refractivity contribution in [2.45, 2.75) is 26.7 Å². The van der Waals surface area contributed by atoms with Crippen molar-refractivity contribution in [3.8, 4) is 0 Å². The number of anilines is 1. The monoisotopic (exact) mass is 181 g/mol. The van der Waals surface area contributed by atoms with E-state index in [1.54, 1.807) is 0 Å². The molecular weight excluding hydrogens is 162 g/mol. The third kappa shape index (κ3) is 3.49. The fourth-order valence-corrected chi connectivity index (χ4v) is 1.40.